The van der Waals surface area contributed by atoms with Crippen LogP contribution in [0.5, 0.6) is 0 Å². The van der Waals surface area contributed by atoms with E-state index in [0.717, 1.165) is 18.5 Å². The van der Waals surface area contributed by atoms with Crippen LogP contribution in [0.4, 0.5) is 0 Å². The summed E-state index contributed by atoms with van der Waals surface area (Å²) in [6.45, 7) is 9.31. The Kier molecular flexibility index (Phi) is 3.12. The number of nitrogens with one attached hydrogen (secondary N) is 1. The largest absolute Gasteiger partial charge is 0.352 e. The van der Waals surface area contributed by atoms with Crippen LogP contribution < -0.4 is 5.32 Å². The van der Waals surface area contributed by atoms with Crippen molar-refractivity contribution >= 4 is 5.91 Å². The molecule has 0 aromatic rings. The molecule has 1 aliphatic rings. The van der Waals surface area contributed by atoms with Crippen molar-refractivity contribution in [1.82, 2.24) is 5.32 Å². The zero-order chi connectivity index (χ0) is 10.0. The molecule has 2 nitrogen and oxygen atoms in total. The zero-order valence-electron chi connectivity index (χ0n) is 8.98. The highest BCUT2D eigenvalue weighted by atomic mass is 16.1. The van der Waals surface area contributed by atoms with Crippen molar-refractivity contribution in [2.45, 2.75) is 34.1 Å². The molecule has 0 aromatic carbocycles. The fourth-order valence-corrected chi connectivity index (χ4v) is 1.92. The van der Waals surface area contributed by atoms with Crippen LogP contribution in [0.2, 0.25) is 0 Å². The number of hydrogen-bond donors (Lipinski definition) is 1. The molecule has 1 rings (SSSR count). The third kappa shape index (κ3) is 2.11. The predicted octanol–water partition coefficient (Wildman–Crippen LogP) is 2.11. The van der Waals surface area contributed by atoms with Gasteiger partial charge in [0.15, 0.2) is 0 Å². The molecule has 2 heteroatoms. The van der Waals surface area contributed by atoms with Gasteiger partial charge in [0.05, 0.1) is 0 Å². The van der Waals surface area contributed by atoms with Crippen LogP contribution in [0.25, 0.3) is 0 Å². The van der Waals surface area contributed by atoms with Crippen molar-refractivity contribution in [2.75, 3.05) is 6.54 Å². The van der Waals surface area contributed by atoms with E-state index in [1.54, 1.807) is 0 Å². The molecular formula is C11H19NO. The maximum Gasteiger partial charge on any atom is 0.247 e. The molecule has 13 heavy (non-hydrogen) atoms. The van der Waals surface area contributed by atoms with Crippen molar-refractivity contribution in [3.8, 4) is 0 Å². The number of carbonyl (C=O) groups excluding carboxylic acids is 1. The van der Waals surface area contributed by atoms with Crippen LogP contribution in [0.3, 0.4) is 0 Å². The third-order valence-corrected chi connectivity index (χ3v) is 2.54. The Balaban J connectivity index is 3.04. The molecule has 0 bridgehead atoms. The van der Waals surface area contributed by atoms with Crippen LogP contribution in [0.15, 0.2) is 11.1 Å². The SMILES string of the molecule is CC(C)C1=C(C(C)C)C(=O)NCC1. The molecule has 1 amide bonds. The van der Waals surface area contributed by atoms with Gasteiger partial charge in [0, 0.05) is 12.1 Å². The number of rotatable bonds is 2. The third-order valence-electron chi connectivity index (χ3n) is 2.54. The Morgan fingerprint density at radius 2 is 1.77 bits per heavy atom. The van der Waals surface area contributed by atoms with Gasteiger partial charge in [-0.1, -0.05) is 33.3 Å². The average Bonchev–Trinajstić information content (AvgIpc) is 2.02. The van der Waals surface area contributed by atoms with Gasteiger partial charge in [-0.3, -0.25) is 4.79 Å². The average molecular weight is 181 g/mol. The summed E-state index contributed by atoms with van der Waals surface area (Å²) in [6.07, 6.45) is 1.02. The summed E-state index contributed by atoms with van der Waals surface area (Å²) in [7, 11) is 0. The van der Waals surface area contributed by atoms with Crippen molar-refractivity contribution in [1.29, 1.82) is 0 Å². The minimum Gasteiger partial charge on any atom is -0.352 e. The molecule has 0 aromatic heterocycles. The Labute approximate surface area is 80.4 Å². The van der Waals surface area contributed by atoms with E-state index in [4.69, 9.17) is 0 Å². The van der Waals surface area contributed by atoms with E-state index in [2.05, 4.69) is 33.0 Å². The van der Waals surface area contributed by atoms with Crippen LogP contribution >= 0.6 is 0 Å². The Morgan fingerprint density at radius 3 is 2.15 bits per heavy atom. The molecule has 0 aliphatic carbocycles. The lowest BCUT2D eigenvalue weighted by molar-refractivity contribution is -0.118. The fraction of sp³-hybridized carbons (Fsp3) is 0.727. The minimum absolute atomic E-state index is 0.143. The number of amides is 1. The van der Waals surface area contributed by atoms with E-state index in [1.165, 1.54) is 5.57 Å². The van der Waals surface area contributed by atoms with E-state index in [0.29, 0.717) is 11.8 Å². The maximum absolute atomic E-state index is 11.6. The second kappa shape index (κ2) is 3.95. The summed E-state index contributed by atoms with van der Waals surface area (Å²) in [5.74, 6) is 0.992. The molecule has 1 N–H and O–H groups in total. The highest BCUT2D eigenvalue weighted by molar-refractivity contribution is 5.95. The standard InChI is InChI=1S/C11H19NO/c1-7(2)9-5-6-12-11(13)10(9)8(3)4/h7-8H,5-6H2,1-4H3,(H,12,13). The quantitative estimate of drug-likeness (QED) is 0.694. The molecular weight excluding hydrogens is 162 g/mol. The highest BCUT2D eigenvalue weighted by Gasteiger charge is 2.23. The molecule has 0 spiro atoms. The van der Waals surface area contributed by atoms with Crippen LogP contribution in [-0.2, 0) is 4.79 Å². The van der Waals surface area contributed by atoms with Gasteiger partial charge in [0.25, 0.3) is 0 Å². The topological polar surface area (TPSA) is 29.1 Å². The molecule has 74 valence electrons. The first-order valence-electron chi connectivity index (χ1n) is 5.05. The molecule has 1 heterocycles. The van der Waals surface area contributed by atoms with Crippen molar-refractivity contribution in [3.05, 3.63) is 11.1 Å². The first-order valence-corrected chi connectivity index (χ1v) is 5.05. The molecule has 0 saturated carbocycles. The van der Waals surface area contributed by atoms with E-state index in [9.17, 15) is 4.79 Å². The van der Waals surface area contributed by atoms with E-state index < -0.39 is 0 Å². The van der Waals surface area contributed by atoms with Crippen LogP contribution in [0.1, 0.15) is 34.1 Å². The van der Waals surface area contributed by atoms with Gasteiger partial charge in [0.1, 0.15) is 0 Å². The second-order valence-corrected chi connectivity index (χ2v) is 4.25. The normalized spacial score (nSPS) is 18.5. The fourth-order valence-electron chi connectivity index (χ4n) is 1.92. The zero-order valence-corrected chi connectivity index (χ0v) is 8.98. The summed E-state index contributed by atoms with van der Waals surface area (Å²) < 4.78 is 0. The van der Waals surface area contributed by atoms with Gasteiger partial charge in [-0.25, -0.2) is 0 Å². The maximum atomic E-state index is 11.6. The lowest BCUT2D eigenvalue weighted by atomic mass is 9.86. The van der Waals surface area contributed by atoms with Gasteiger partial charge >= 0.3 is 0 Å². The van der Waals surface area contributed by atoms with Gasteiger partial charge in [-0.15, -0.1) is 0 Å². The van der Waals surface area contributed by atoms with E-state index in [-0.39, 0.29) is 5.91 Å². The van der Waals surface area contributed by atoms with Crippen molar-refractivity contribution < 1.29 is 4.79 Å². The summed E-state index contributed by atoms with van der Waals surface area (Å²) in [6, 6.07) is 0. The van der Waals surface area contributed by atoms with E-state index in [1.807, 2.05) is 0 Å². The monoisotopic (exact) mass is 181 g/mol. The van der Waals surface area contributed by atoms with Gasteiger partial charge in [0.2, 0.25) is 5.91 Å². The Morgan fingerprint density at radius 1 is 1.15 bits per heavy atom. The summed E-state index contributed by atoms with van der Waals surface area (Å²) >= 11 is 0. The lowest BCUT2D eigenvalue weighted by Crippen LogP contribution is -2.34. The Hall–Kier alpha value is -0.790. The van der Waals surface area contributed by atoms with Gasteiger partial charge in [-0.2, -0.15) is 0 Å². The number of hydrogen-bond acceptors (Lipinski definition) is 1. The first kappa shape index (κ1) is 10.3. The van der Waals surface area contributed by atoms with E-state index >= 15 is 0 Å². The summed E-state index contributed by atoms with van der Waals surface area (Å²) in [5, 5.41) is 2.90. The van der Waals surface area contributed by atoms with Crippen LogP contribution in [-0.4, -0.2) is 12.5 Å². The van der Waals surface area contributed by atoms with Gasteiger partial charge < -0.3 is 5.32 Å². The lowest BCUT2D eigenvalue weighted by Gasteiger charge is -2.25. The molecule has 0 saturated heterocycles. The molecule has 1 aliphatic heterocycles. The van der Waals surface area contributed by atoms with Crippen molar-refractivity contribution in [2.24, 2.45) is 11.8 Å². The Bertz CT molecular complexity index is 238. The first-order chi connectivity index (χ1) is 6.04. The molecule has 0 fully saturated rings. The smallest absolute Gasteiger partial charge is 0.247 e. The predicted molar refractivity (Wildman–Crippen MR) is 54.3 cm³/mol. The minimum atomic E-state index is 0.143. The second-order valence-electron chi connectivity index (χ2n) is 4.25. The summed E-state index contributed by atoms with van der Waals surface area (Å²) in [4.78, 5) is 11.6. The summed E-state index contributed by atoms with van der Waals surface area (Å²) in [5.41, 5.74) is 2.36. The van der Waals surface area contributed by atoms with Gasteiger partial charge in [-0.05, 0) is 18.3 Å². The van der Waals surface area contributed by atoms with Crippen molar-refractivity contribution in [3.63, 3.8) is 0 Å². The molecule has 0 unspecified atom stereocenters. The molecule has 0 radical (unpaired) electrons. The highest BCUT2D eigenvalue weighted by Crippen LogP contribution is 2.26. The van der Waals surface area contributed by atoms with Crippen LogP contribution in [0, 0.1) is 11.8 Å². The number of carbonyl (C=O) groups is 1. The molecule has 0 atom stereocenters.